The number of hydrogen-bond donors (Lipinski definition) is 0. The van der Waals surface area contributed by atoms with Gasteiger partial charge in [-0.3, -0.25) is 0 Å². The van der Waals surface area contributed by atoms with Crippen molar-refractivity contribution in [1.82, 2.24) is 0 Å². The van der Waals surface area contributed by atoms with Crippen molar-refractivity contribution in [3.63, 3.8) is 0 Å². The molecule has 3 aromatic rings. The lowest BCUT2D eigenvalue weighted by Crippen LogP contribution is -1.98. The Balaban J connectivity index is 1.60. The van der Waals surface area contributed by atoms with Gasteiger partial charge in [-0.25, -0.2) is 4.39 Å². The average molecular weight is 385 g/mol. The first-order chi connectivity index (χ1) is 14.2. The van der Waals surface area contributed by atoms with Crippen molar-refractivity contribution in [2.75, 3.05) is 0 Å². The van der Waals surface area contributed by atoms with Gasteiger partial charge in [-0.1, -0.05) is 98.0 Å². The van der Waals surface area contributed by atoms with E-state index in [1.54, 1.807) is 6.07 Å². The molecule has 0 saturated heterocycles. The second kappa shape index (κ2) is 10.6. The van der Waals surface area contributed by atoms with Crippen molar-refractivity contribution in [2.24, 2.45) is 0 Å². The second-order valence-corrected chi connectivity index (χ2v) is 7.55. The van der Waals surface area contributed by atoms with E-state index in [-0.39, 0.29) is 5.82 Å². The zero-order chi connectivity index (χ0) is 20.5. The smallest absolute Gasteiger partial charge is 0.127 e. The van der Waals surface area contributed by atoms with Gasteiger partial charge in [-0.2, -0.15) is 0 Å². The molecule has 0 nitrogen and oxygen atoms in total. The molecule has 1 heteroatoms. The van der Waals surface area contributed by atoms with Gasteiger partial charge in [-0.05, 0) is 66.0 Å². The monoisotopic (exact) mass is 384 g/mol. The quantitative estimate of drug-likeness (QED) is 0.274. The molecule has 0 aliphatic carbocycles. The molecule has 1 atom stereocenters. The summed E-state index contributed by atoms with van der Waals surface area (Å²) < 4.78 is 14.3. The Bertz CT molecular complexity index is 949. The molecular weight excluding hydrogens is 355 g/mol. The molecule has 0 aliphatic heterocycles. The molecule has 0 spiro atoms. The van der Waals surface area contributed by atoms with Crippen LogP contribution in [0.4, 0.5) is 4.39 Å². The molecule has 0 fully saturated rings. The SMILES string of the molecule is C/C=C/CCc1ccc(/C=C/c2ccc(CC(C)c3ccccc3)cc2)cc1F. The van der Waals surface area contributed by atoms with Crippen LogP contribution in [0.25, 0.3) is 12.2 Å². The van der Waals surface area contributed by atoms with Crippen LogP contribution in [0.2, 0.25) is 0 Å². The number of hydrogen-bond acceptors (Lipinski definition) is 0. The predicted molar refractivity (Wildman–Crippen MR) is 123 cm³/mol. The molecule has 0 aromatic heterocycles. The van der Waals surface area contributed by atoms with E-state index in [9.17, 15) is 4.39 Å². The minimum atomic E-state index is -0.123. The number of allylic oxidation sites excluding steroid dienone is 2. The predicted octanol–water partition coefficient (Wildman–Crippen LogP) is 7.85. The summed E-state index contributed by atoms with van der Waals surface area (Å²) in [4.78, 5) is 0. The highest BCUT2D eigenvalue weighted by Gasteiger charge is 2.06. The highest BCUT2D eigenvalue weighted by atomic mass is 19.1. The van der Waals surface area contributed by atoms with Gasteiger partial charge >= 0.3 is 0 Å². The molecule has 29 heavy (non-hydrogen) atoms. The molecule has 0 saturated carbocycles. The van der Waals surface area contributed by atoms with Crippen LogP contribution in [0.15, 0.2) is 84.9 Å². The van der Waals surface area contributed by atoms with E-state index in [1.165, 1.54) is 11.1 Å². The summed E-state index contributed by atoms with van der Waals surface area (Å²) in [6, 6.07) is 24.8. The van der Waals surface area contributed by atoms with Crippen LogP contribution in [-0.2, 0) is 12.8 Å². The van der Waals surface area contributed by atoms with Crippen LogP contribution in [-0.4, -0.2) is 0 Å². The zero-order valence-corrected chi connectivity index (χ0v) is 17.3. The van der Waals surface area contributed by atoms with Crippen LogP contribution < -0.4 is 0 Å². The largest absolute Gasteiger partial charge is 0.207 e. The molecule has 0 bridgehead atoms. The molecular formula is C28H29F. The molecule has 0 radical (unpaired) electrons. The van der Waals surface area contributed by atoms with Crippen LogP contribution >= 0.6 is 0 Å². The van der Waals surface area contributed by atoms with Gasteiger partial charge in [0, 0.05) is 0 Å². The van der Waals surface area contributed by atoms with E-state index in [0.717, 1.165) is 36.0 Å². The summed E-state index contributed by atoms with van der Waals surface area (Å²) in [6.07, 6.45) is 10.7. The van der Waals surface area contributed by atoms with Gasteiger partial charge in [0.05, 0.1) is 0 Å². The van der Waals surface area contributed by atoms with Gasteiger partial charge in [0.2, 0.25) is 0 Å². The number of aryl methyl sites for hydroxylation is 1. The van der Waals surface area contributed by atoms with Gasteiger partial charge in [-0.15, -0.1) is 0 Å². The standard InChI is InChI=1S/C28H29F/c1-3-4-6-11-27-19-18-25(21-28(27)29)17-14-23-12-15-24(16-13-23)20-22(2)26-9-7-5-8-10-26/h3-5,7-10,12-19,21-22H,6,11,20H2,1-2H3/b4-3+,17-14+. The summed E-state index contributed by atoms with van der Waals surface area (Å²) in [5, 5.41) is 0. The van der Waals surface area contributed by atoms with Crippen LogP contribution in [0.1, 0.15) is 54.0 Å². The Morgan fingerprint density at radius 2 is 1.55 bits per heavy atom. The first kappa shape index (κ1) is 20.8. The third-order valence-electron chi connectivity index (χ3n) is 5.25. The first-order valence-electron chi connectivity index (χ1n) is 10.4. The Hall–Kier alpha value is -2.93. The highest BCUT2D eigenvalue weighted by Crippen LogP contribution is 2.21. The molecule has 0 N–H and O–H groups in total. The van der Waals surface area contributed by atoms with Gasteiger partial charge < -0.3 is 0 Å². The Labute approximate surface area is 174 Å². The zero-order valence-electron chi connectivity index (χ0n) is 17.3. The summed E-state index contributed by atoms with van der Waals surface area (Å²) in [5.41, 5.74) is 5.48. The molecule has 1 unspecified atom stereocenters. The van der Waals surface area contributed by atoms with Crippen LogP contribution in [0.5, 0.6) is 0 Å². The first-order valence-corrected chi connectivity index (χ1v) is 10.4. The Morgan fingerprint density at radius 1 is 0.862 bits per heavy atom. The van der Waals surface area contributed by atoms with Crippen molar-refractivity contribution in [1.29, 1.82) is 0 Å². The summed E-state index contributed by atoms with van der Waals surface area (Å²) in [5.74, 6) is 0.369. The maximum Gasteiger partial charge on any atom is 0.127 e. The van der Waals surface area contributed by atoms with Crippen LogP contribution in [0.3, 0.4) is 0 Å². The maximum atomic E-state index is 14.3. The highest BCUT2D eigenvalue weighted by molar-refractivity contribution is 5.69. The second-order valence-electron chi connectivity index (χ2n) is 7.55. The summed E-state index contributed by atoms with van der Waals surface area (Å²) in [7, 11) is 0. The lowest BCUT2D eigenvalue weighted by molar-refractivity contribution is 0.609. The van der Waals surface area contributed by atoms with Gasteiger partial charge in [0.15, 0.2) is 0 Å². The fraction of sp³-hybridized carbons (Fsp3) is 0.214. The normalized spacial score (nSPS) is 12.7. The van der Waals surface area contributed by atoms with E-state index >= 15 is 0 Å². The molecule has 0 heterocycles. The summed E-state index contributed by atoms with van der Waals surface area (Å²) in [6.45, 7) is 4.25. The van der Waals surface area contributed by atoms with Crippen molar-refractivity contribution in [2.45, 2.75) is 39.0 Å². The lowest BCUT2D eigenvalue weighted by atomic mass is 9.93. The molecule has 3 rings (SSSR count). The third-order valence-corrected chi connectivity index (χ3v) is 5.25. The molecule has 3 aromatic carbocycles. The van der Waals surface area contributed by atoms with Crippen molar-refractivity contribution in [3.8, 4) is 0 Å². The molecule has 0 aliphatic rings. The fourth-order valence-corrected chi connectivity index (χ4v) is 3.49. The van der Waals surface area contributed by atoms with Gasteiger partial charge in [0.25, 0.3) is 0 Å². The lowest BCUT2D eigenvalue weighted by Gasteiger charge is -2.12. The minimum absolute atomic E-state index is 0.123. The number of benzene rings is 3. The molecule has 0 amide bonds. The fourth-order valence-electron chi connectivity index (χ4n) is 3.49. The Kier molecular flexibility index (Phi) is 7.58. The van der Waals surface area contributed by atoms with E-state index in [2.05, 4.69) is 67.6 Å². The third kappa shape index (κ3) is 6.29. The van der Waals surface area contributed by atoms with E-state index in [0.29, 0.717) is 5.92 Å². The minimum Gasteiger partial charge on any atom is -0.207 e. The molecule has 148 valence electrons. The van der Waals surface area contributed by atoms with Crippen molar-refractivity contribution in [3.05, 3.63) is 119 Å². The number of rotatable bonds is 8. The summed E-state index contributed by atoms with van der Waals surface area (Å²) >= 11 is 0. The van der Waals surface area contributed by atoms with Crippen molar-refractivity contribution < 1.29 is 4.39 Å². The van der Waals surface area contributed by atoms with Crippen LogP contribution in [0, 0.1) is 5.82 Å². The average Bonchev–Trinajstić information content (AvgIpc) is 2.75. The van der Waals surface area contributed by atoms with E-state index in [1.807, 2.05) is 37.3 Å². The number of halogens is 1. The van der Waals surface area contributed by atoms with Crippen molar-refractivity contribution >= 4 is 12.2 Å². The maximum absolute atomic E-state index is 14.3. The van der Waals surface area contributed by atoms with E-state index in [4.69, 9.17) is 0 Å². The topological polar surface area (TPSA) is 0 Å². The Morgan fingerprint density at radius 3 is 2.24 bits per heavy atom. The van der Waals surface area contributed by atoms with E-state index < -0.39 is 0 Å². The van der Waals surface area contributed by atoms with Gasteiger partial charge in [0.1, 0.15) is 5.82 Å².